The average Bonchev–Trinajstić information content (AvgIpc) is 2.85. The Balaban J connectivity index is 2.21. The van der Waals surface area contributed by atoms with E-state index in [0.717, 1.165) is 17.9 Å². The standard InChI is InChI=1S/C12H13N5/c1-2-14-8-11-9-15-17(16-11)12-5-3-4-10(6-12)7-13/h3-6,9,14H,2,8H2,1H3. The fraction of sp³-hybridized carbons (Fsp3) is 0.250. The van der Waals surface area contributed by atoms with Crippen LogP contribution in [0.1, 0.15) is 18.2 Å². The molecule has 1 heterocycles. The van der Waals surface area contributed by atoms with Gasteiger partial charge in [0.1, 0.15) is 0 Å². The van der Waals surface area contributed by atoms with Crippen LogP contribution in [0.15, 0.2) is 30.5 Å². The number of rotatable bonds is 4. The van der Waals surface area contributed by atoms with Crippen molar-refractivity contribution in [2.75, 3.05) is 6.54 Å². The molecule has 1 N–H and O–H groups in total. The van der Waals surface area contributed by atoms with Gasteiger partial charge in [-0.15, -0.1) is 0 Å². The number of benzene rings is 1. The second kappa shape index (κ2) is 5.23. The summed E-state index contributed by atoms with van der Waals surface area (Å²) in [5.41, 5.74) is 2.29. The molecule has 0 aliphatic heterocycles. The molecule has 0 radical (unpaired) electrons. The van der Waals surface area contributed by atoms with E-state index >= 15 is 0 Å². The molecule has 0 aliphatic rings. The fourth-order valence-corrected chi connectivity index (χ4v) is 1.45. The molecule has 2 rings (SSSR count). The Bertz CT molecular complexity index is 538. The van der Waals surface area contributed by atoms with E-state index in [1.54, 1.807) is 18.3 Å². The van der Waals surface area contributed by atoms with Crippen LogP contribution in [-0.2, 0) is 6.54 Å². The molecule has 1 aromatic carbocycles. The summed E-state index contributed by atoms with van der Waals surface area (Å²) in [6, 6.07) is 9.31. The van der Waals surface area contributed by atoms with E-state index < -0.39 is 0 Å². The smallest absolute Gasteiger partial charge is 0.0992 e. The maximum atomic E-state index is 8.82. The zero-order valence-electron chi connectivity index (χ0n) is 9.59. The van der Waals surface area contributed by atoms with Crippen LogP contribution in [-0.4, -0.2) is 21.5 Å². The van der Waals surface area contributed by atoms with Crippen molar-refractivity contribution in [3.8, 4) is 11.8 Å². The van der Waals surface area contributed by atoms with Crippen LogP contribution < -0.4 is 5.32 Å². The Morgan fingerprint density at radius 1 is 1.47 bits per heavy atom. The molecular formula is C12H13N5. The van der Waals surface area contributed by atoms with Crippen molar-refractivity contribution in [1.82, 2.24) is 20.3 Å². The molecule has 0 saturated heterocycles. The average molecular weight is 227 g/mol. The lowest BCUT2D eigenvalue weighted by molar-refractivity contribution is 0.684. The zero-order chi connectivity index (χ0) is 12.1. The highest BCUT2D eigenvalue weighted by Crippen LogP contribution is 2.08. The number of hydrogen-bond donors (Lipinski definition) is 1. The molecular weight excluding hydrogens is 214 g/mol. The molecule has 0 fully saturated rings. The van der Waals surface area contributed by atoms with Gasteiger partial charge in [-0.1, -0.05) is 13.0 Å². The first-order valence-corrected chi connectivity index (χ1v) is 5.46. The van der Waals surface area contributed by atoms with Crippen molar-refractivity contribution in [3.05, 3.63) is 41.7 Å². The summed E-state index contributed by atoms with van der Waals surface area (Å²) in [6.45, 7) is 3.64. The Morgan fingerprint density at radius 3 is 3.12 bits per heavy atom. The second-order valence-electron chi connectivity index (χ2n) is 3.57. The van der Waals surface area contributed by atoms with Gasteiger partial charge in [0.05, 0.1) is 29.2 Å². The van der Waals surface area contributed by atoms with Crippen LogP contribution in [0.4, 0.5) is 0 Å². The lowest BCUT2D eigenvalue weighted by Gasteiger charge is -1.99. The largest absolute Gasteiger partial charge is 0.311 e. The summed E-state index contributed by atoms with van der Waals surface area (Å²) in [7, 11) is 0. The molecule has 0 aliphatic carbocycles. The summed E-state index contributed by atoms with van der Waals surface area (Å²) in [5.74, 6) is 0. The minimum absolute atomic E-state index is 0.605. The third-order valence-electron chi connectivity index (χ3n) is 2.30. The molecule has 0 bridgehead atoms. The Labute approximate surface area is 99.7 Å². The maximum absolute atomic E-state index is 8.82. The van der Waals surface area contributed by atoms with E-state index in [0.29, 0.717) is 12.1 Å². The summed E-state index contributed by atoms with van der Waals surface area (Å²) in [4.78, 5) is 1.54. The predicted octanol–water partition coefficient (Wildman–Crippen LogP) is 1.25. The molecule has 17 heavy (non-hydrogen) atoms. The number of nitriles is 1. The summed E-state index contributed by atoms with van der Waals surface area (Å²) < 4.78 is 0. The molecule has 0 unspecified atom stereocenters. The molecule has 0 spiro atoms. The van der Waals surface area contributed by atoms with Gasteiger partial charge in [-0.25, -0.2) is 0 Å². The molecule has 5 heteroatoms. The molecule has 5 nitrogen and oxygen atoms in total. The number of nitrogens with zero attached hydrogens (tertiary/aromatic N) is 4. The van der Waals surface area contributed by atoms with Gasteiger partial charge in [-0.3, -0.25) is 0 Å². The molecule has 2 aromatic rings. The first-order chi connectivity index (χ1) is 8.33. The number of aromatic nitrogens is 3. The lowest BCUT2D eigenvalue weighted by atomic mass is 10.2. The summed E-state index contributed by atoms with van der Waals surface area (Å²) >= 11 is 0. The molecule has 86 valence electrons. The van der Waals surface area contributed by atoms with E-state index in [9.17, 15) is 0 Å². The van der Waals surface area contributed by atoms with Gasteiger partial charge in [0.15, 0.2) is 0 Å². The normalized spacial score (nSPS) is 10.1. The van der Waals surface area contributed by atoms with E-state index in [4.69, 9.17) is 5.26 Å². The van der Waals surface area contributed by atoms with Crippen molar-refractivity contribution >= 4 is 0 Å². The maximum Gasteiger partial charge on any atom is 0.0992 e. The van der Waals surface area contributed by atoms with Gasteiger partial charge < -0.3 is 5.32 Å². The third kappa shape index (κ3) is 2.68. The quantitative estimate of drug-likeness (QED) is 0.853. The molecule has 0 amide bonds. The first-order valence-electron chi connectivity index (χ1n) is 5.46. The SMILES string of the molecule is CCNCc1cnn(-c2cccc(C#N)c2)n1. The Kier molecular flexibility index (Phi) is 3.48. The zero-order valence-corrected chi connectivity index (χ0v) is 9.59. The van der Waals surface area contributed by atoms with Crippen LogP contribution in [0.3, 0.4) is 0 Å². The van der Waals surface area contributed by atoms with E-state index in [2.05, 4.69) is 21.6 Å². The van der Waals surface area contributed by atoms with Crippen molar-refractivity contribution in [2.24, 2.45) is 0 Å². The highest BCUT2D eigenvalue weighted by atomic mass is 15.5. The molecule has 0 saturated carbocycles. The predicted molar refractivity (Wildman–Crippen MR) is 63.5 cm³/mol. The monoisotopic (exact) mass is 227 g/mol. The third-order valence-corrected chi connectivity index (χ3v) is 2.30. The van der Waals surface area contributed by atoms with Crippen LogP contribution in [0, 0.1) is 11.3 Å². The van der Waals surface area contributed by atoms with Crippen molar-refractivity contribution < 1.29 is 0 Å². The summed E-state index contributed by atoms with van der Waals surface area (Å²) in [5, 5.41) is 20.5. The van der Waals surface area contributed by atoms with Crippen LogP contribution in [0.25, 0.3) is 5.69 Å². The number of hydrogen-bond acceptors (Lipinski definition) is 4. The topological polar surface area (TPSA) is 66.5 Å². The molecule has 1 aromatic heterocycles. The van der Waals surface area contributed by atoms with Gasteiger partial charge in [-0.05, 0) is 24.7 Å². The highest BCUT2D eigenvalue weighted by Gasteiger charge is 2.02. The van der Waals surface area contributed by atoms with Crippen LogP contribution in [0.5, 0.6) is 0 Å². The summed E-state index contributed by atoms with van der Waals surface area (Å²) in [6.07, 6.45) is 1.72. The van der Waals surface area contributed by atoms with E-state index in [1.807, 2.05) is 19.1 Å². The fourth-order valence-electron chi connectivity index (χ4n) is 1.45. The second-order valence-corrected chi connectivity index (χ2v) is 3.57. The van der Waals surface area contributed by atoms with Gasteiger partial charge >= 0.3 is 0 Å². The molecule has 0 atom stereocenters. The van der Waals surface area contributed by atoms with Crippen molar-refractivity contribution in [2.45, 2.75) is 13.5 Å². The van der Waals surface area contributed by atoms with E-state index in [1.165, 1.54) is 4.80 Å². The number of nitrogens with one attached hydrogen (secondary N) is 1. The van der Waals surface area contributed by atoms with Gasteiger partial charge in [0.25, 0.3) is 0 Å². The Hall–Kier alpha value is -2.19. The highest BCUT2D eigenvalue weighted by molar-refractivity contribution is 5.39. The van der Waals surface area contributed by atoms with Gasteiger partial charge in [-0.2, -0.15) is 20.3 Å². The minimum Gasteiger partial charge on any atom is -0.311 e. The minimum atomic E-state index is 0.605. The lowest BCUT2D eigenvalue weighted by Crippen LogP contribution is -2.12. The van der Waals surface area contributed by atoms with Crippen molar-refractivity contribution in [3.63, 3.8) is 0 Å². The van der Waals surface area contributed by atoms with Crippen LogP contribution in [0.2, 0.25) is 0 Å². The van der Waals surface area contributed by atoms with Crippen molar-refractivity contribution in [1.29, 1.82) is 5.26 Å². The van der Waals surface area contributed by atoms with Gasteiger partial charge in [0.2, 0.25) is 0 Å². The van der Waals surface area contributed by atoms with Crippen LogP contribution >= 0.6 is 0 Å². The van der Waals surface area contributed by atoms with E-state index in [-0.39, 0.29) is 0 Å². The first kappa shape index (κ1) is 11.3. The van der Waals surface area contributed by atoms with Gasteiger partial charge in [0, 0.05) is 6.54 Å². The Morgan fingerprint density at radius 2 is 2.35 bits per heavy atom.